The van der Waals surface area contributed by atoms with E-state index in [0.717, 1.165) is 31.0 Å². The van der Waals surface area contributed by atoms with Crippen molar-refractivity contribution in [1.29, 1.82) is 0 Å². The van der Waals surface area contributed by atoms with Gasteiger partial charge in [0.2, 0.25) is 0 Å². The first kappa shape index (κ1) is 12.2. The largest absolute Gasteiger partial charge is 0.487 e. The lowest BCUT2D eigenvalue weighted by atomic mass is 9.81. The lowest BCUT2D eigenvalue weighted by molar-refractivity contribution is 0.242. The van der Waals surface area contributed by atoms with Crippen LogP contribution in [0.5, 0.6) is 5.75 Å². The molecule has 17 heavy (non-hydrogen) atoms. The van der Waals surface area contributed by atoms with Crippen LogP contribution in [0.1, 0.15) is 26.7 Å². The highest BCUT2D eigenvalue weighted by Gasteiger charge is 2.25. The Hall–Kier alpha value is -1.29. The van der Waals surface area contributed by atoms with Crippen molar-refractivity contribution >= 4 is 5.82 Å². The molecule has 2 rings (SSSR count). The molecule has 0 atom stereocenters. The molecule has 0 saturated heterocycles. The lowest BCUT2D eigenvalue weighted by Gasteiger charge is -2.32. The van der Waals surface area contributed by atoms with E-state index >= 15 is 0 Å². The average Bonchev–Trinajstić information content (AvgIpc) is 2.24. The molecule has 1 aromatic heterocycles. The molecule has 1 heterocycles. The molecule has 3 N–H and O–H groups in total. The van der Waals surface area contributed by atoms with Crippen LogP contribution in [0.15, 0.2) is 18.3 Å². The van der Waals surface area contributed by atoms with Gasteiger partial charge in [0.05, 0.1) is 6.10 Å². The highest BCUT2D eigenvalue weighted by Crippen LogP contribution is 2.27. The normalized spacial score (nSPS) is 23.3. The molecular weight excluding hydrogens is 214 g/mol. The first-order valence-electron chi connectivity index (χ1n) is 6.26. The molecule has 4 heteroatoms. The summed E-state index contributed by atoms with van der Waals surface area (Å²) in [7, 11) is 0. The Kier molecular flexibility index (Phi) is 3.84. The molecule has 0 bridgehead atoms. The highest BCUT2D eigenvalue weighted by molar-refractivity contribution is 5.49. The van der Waals surface area contributed by atoms with Crippen LogP contribution >= 0.6 is 0 Å². The van der Waals surface area contributed by atoms with Crippen molar-refractivity contribution in [3.63, 3.8) is 0 Å². The van der Waals surface area contributed by atoms with Gasteiger partial charge < -0.3 is 15.8 Å². The fourth-order valence-electron chi connectivity index (χ4n) is 2.07. The predicted molar refractivity (Wildman–Crippen MR) is 69.2 cm³/mol. The smallest absolute Gasteiger partial charge is 0.168 e. The summed E-state index contributed by atoms with van der Waals surface area (Å²) in [5, 5.41) is 3.35. The third kappa shape index (κ3) is 3.33. The Bertz CT molecular complexity index is 361. The molecule has 4 nitrogen and oxygen atoms in total. The fraction of sp³-hybridized carbons (Fsp3) is 0.615. The van der Waals surface area contributed by atoms with Crippen LogP contribution in [-0.4, -0.2) is 23.7 Å². The third-order valence-electron chi connectivity index (χ3n) is 2.96. The van der Waals surface area contributed by atoms with Crippen LogP contribution in [-0.2, 0) is 0 Å². The van der Waals surface area contributed by atoms with E-state index < -0.39 is 0 Å². The molecule has 0 spiro atoms. The van der Waals surface area contributed by atoms with Crippen molar-refractivity contribution < 1.29 is 4.74 Å². The second kappa shape index (κ2) is 5.36. The topological polar surface area (TPSA) is 60.2 Å². The lowest BCUT2D eigenvalue weighted by Crippen LogP contribution is -2.39. The van der Waals surface area contributed by atoms with Gasteiger partial charge in [-0.1, -0.05) is 0 Å². The SMILES string of the molecule is CC(C)Oc1cccnc1NCC1CC(N)C1. The van der Waals surface area contributed by atoms with Gasteiger partial charge in [0.1, 0.15) is 0 Å². The van der Waals surface area contributed by atoms with Crippen LogP contribution in [0, 0.1) is 5.92 Å². The standard InChI is InChI=1S/C13H21N3O/c1-9(2)17-12-4-3-5-15-13(12)16-8-10-6-11(14)7-10/h3-5,9-11H,6-8,14H2,1-2H3,(H,15,16). The van der Waals surface area contributed by atoms with Crippen molar-refractivity contribution in [3.8, 4) is 5.75 Å². The minimum absolute atomic E-state index is 0.164. The molecule has 94 valence electrons. The molecule has 0 aromatic carbocycles. The van der Waals surface area contributed by atoms with Crippen molar-refractivity contribution in [3.05, 3.63) is 18.3 Å². The maximum absolute atomic E-state index is 5.77. The number of nitrogens with zero attached hydrogens (tertiary/aromatic N) is 1. The summed E-state index contributed by atoms with van der Waals surface area (Å²) in [6.07, 6.45) is 4.17. The zero-order valence-electron chi connectivity index (χ0n) is 10.5. The number of ether oxygens (including phenoxy) is 1. The zero-order chi connectivity index (χ0) is 12.3. The maximum Gasteiger partial charge on any atom is 0.168 e. The number of nitrogens with two attached hydrogens (primary N) is 1. The molecule has 1 aliphatic carbocycles. The summed E-state index contributed by atoms with van der Waals surface area (Å²) < 4.78 is 5.70. The minimum Gasteiger partial charge on any atom is -0.487 e. The van der Waals surface area contributed by atoms with Gasteiger partial charge >= 0.3 is 0 Å². The number of rotatable bonds is 5. The molecule has 1 saturated carbocycles. The van der Waals surface area contributed by atoms with Gasteiger partial charge in [-0.05, 0) is 44.7 Å². The molecule has 1 aliphatic rings. The van der Waals surface area contributed by atoms with Gasteiger partial charge in [0.25, 0.3) is 0 Å². The highest BCUT2D eigenvalue weighted by atomic mass is 16.5. The molecule has 0 amide bonds. The van der Waals surface area contributed by atoms with Gasteiger partial charge in [-0.15, -0.1) is 0 Å². The van der Waals surface area contributed by atoms with Gasteiger partial charge in [-0.3, -0.25) is 0 Å². The molecule has 1 aromatic rings. The number of hydrogen-bond donors (Lipinski definition) is 2. The van der Waals surface area contributed by atoms with Crippen molar-refractivity contribution in [2.24, 2.45) is 11.7 Å². The number of nitrogens with one attached hydrogen (secondary N) is 1. The Morgan fingerprint density at radius 1 is 1.53 bits per heavy atom. The van der Waals surface area contributed by atoms with Crippen LogP contribution in [0.3, 0.4) is 0 Å². The summed E-state index contributed by atoms with van der Waals surface area (Å²) in [6.45, 7) is 4.96. The molecular formula is C13H21N3O. The maximum atomic E-state index is 5.77. The van der Waals surface area contributed by atoms with Crippen LogP contribution in [0.4, 0.5) is 5.82 Å². The van der Waals surface area contributed by atoms with Crippen LogP contribution < -0.4 is 15.8 Å². The summed E-state index contributed by atoms with van der Waals surface area (Å²) in [5.74, 6) is 2.34. The molecule has 0 radical (unpaired) electrons. The van der Waals surface area contributed by atoms with E-state index in [0.29, 0.717) is 12.0 Å². The Labute approximate surface area is 103 Å². The van der Waals surface area contributed by atoms with Gasteiger partial charge in [-0.2, -0.15) is 0 Å². The minimum atomic E-state index is 0.164. The summed E-state index contributed by atoms with van der Waals surface area (Å²) in [5.41, 5.74) is 5.77. The first-order valence-corrected chi connectivity index (χ1v) is 6.26. The van der Waals surface area contributed by atoms with Crippen LogP contribution in [0.25, 0.3) is 0 Å². The molecule has 1 fully saturated rings. The Morgan fingerprint density at radius 2 is 2.29 bits per heavy atom. The van der Waals surface area contributed by atoms with E-state index in [9.17, 15) is 0 Å². The zero-order valence-corrected chi connectivity index (χ0v) is 10.5. The van der Waals surface area contributed by atoms with E-state index in [-0.39, 0.29) is 6.10 Å². The third-order valence-corrected chi connectivity index (χ3v) is 2.96. The van der Waals surface area contributed by atoms with Gasteiger partial charge in [-0.25, -0.2) is 4.98 Å². The van der Waals surface area contributed by atoms with Gasteiger partial charge in [0.15, 0.2) is 11.6 Å². The number of anilines is 1. The van der Waals surface area contributed by atoms with Crippen LogP contribution in [0.2, 0.25) is 0 Å². The first-order chi connectivity index (χ1) is 8.15. The summed E-state index contributed by atoms with van der Waals surface area (Å²) in [4.78, 5) is 4.31. The molecule has 0 aliphatic heterocycles. The number of aromatic nitrogens is 1. The predicted octanol–water partition coefficient (Wildman–Crippen LogP) is 2.02. The quantitative estimate of drug-likeness (QED) is 0.819. The Morgan fingerprint density at radius 3 is 2.94 bits per heavy atom. The Balaban J connectivity index is 1.90. The number of hydrogen-bond acceptors (Lipinski definition) is 4. The van der Waals surface area contributed by atoms with Crippen molar-refractivity contribution in [2.75, 3.05) is 11.9 Å². The van der Waals surface area contributed by atoms with Crippen molar-refractivity contribution in [1.82, 2.24) is 4.98 Å². The second-order valence-corrected chi connectivity index (χ2v) is 5.00. The van der Waals surface area contributed by atoms with E-state index in [2.05, 4.69) is 10.3 Å². The van der Waals surface area contributed by atoms with Crippen molar-refractivity contribution in [2.45, 2.75) is 38.8 Å². The fourth-order valence-corrected chi connectivity index (χ4v) is 2.07. The van der Waals surface area contributed by atoms with E-state index in [1.807, 2.05) is 26.0 Å². The van der Waals surface area contributed by atoms with E-state index in [1.54, 1.807) is 6.20 Å². The van der Waals surface area contributed by atoms with E-state index in [1.165, 1.54) is 0 Å². The van der Waals surface area contributed by atoms with E-state index in [4.69, 9.17) is 10.5 Å². The second-order valence-electron chi connectivity index (χ2n) is 5.00. The summed E-state index contributed by atoms with van der Waals surface area (Å²) >= 11 is 0. The van der Waals surface area contributed by atoms with Gasteiger partial charge in [0, 0.05) is 18.8 Å². The number of pyridine rings is 1. The monoisotopic (exact) mass is 235 g/mol. The average molecular weight is 235 g/mol. The summed E-state index contributed by atoms with van der Waals surface area (Å²) in [6, 6.07) is 4.24. The molecule has 0 unspecified atom stereocenters.